The van der Waals surface area contributed by atoms with E-state index in [0.29, 0.717) is 19.6 Å². The number of benzene rings is 1. The number of carbonyl (C=O) groups is 1. The van der Waals surface area contributed by atoms with Crippen LogP contribution in [-0.4, -0.2) is 30.8 Å². The van der Waals surface area contributed by atoms with Crippen molar-refractivity contribution in [2.45, 2.75) is 26.2 Å². The van der Waals surface area contributed by atoms with Crippen LogP contribution in [0.25, 0.3) is 0 Å². The van der Waals surface area contributed by atoms with Gasteiger partial charge >= 0.3 is 0 Å². The van der Waals surface area contributed by atoms with Crippen molar-refractivity contribution in [1.29, 1.82) is 0 Å². The molecule has 0 unspecified atom stereocenters. The first kappa shape index (κ1) is 13.9. The van der Waals surface area contributed by atoms with Gasteiger partial charge in [-0.15, -0.1) is 0 Å². The summed E-state index contributed by atoms with van der Waals surface area (Å²) in [7, 11) is 0. The third-order valence-electron chi connectivity index (χ3n) is 3.57. The second-order valence-electron chi connectivity index (χ2n) is 5.35. The van der Waals surface area contributed by atoms with Crippen LogP contribution in [0, 0.1) is 12.3 Å². The third kappa shape index (κ3) is 4.24. The number of aryl methyl sites for hydroxylation is 1. The molecule has 0 radical (unpaired) electrons. The summed E-state index contributed by atoms with van der Waals surface area (Å²) in [6.07, 6.45) is 2.35. The lowest BCUT2D eigenvalue weighted by Crippen LogP contribution is -2.32. The SMILES string of the molecule is Cc1ccc(OCCC(=O)NCC2(CO)CC2)cc1. The van der Waals surface area contributed by atoms with E-state index in [1.165, 1.54) is 5.56 Å². The predicted octanol–water partition coefficient (Wildman–Crippen LogP) is 1.65. The number of aliphatic hydroxyl groups is 1. The Labute approximate surface area is 113 Å². The van der Waals surface area contributed by atoms with E-state index in [1.807, 2.05) is 31.2 Å². The van der Waals surface area contributed by atoms with Gasteiger partial charge in [0.25, 0.3) is 0 Å². The Balaban J connectivity index is 1.62. The Morgan fingerprint density at radius 3 is 2.63 bits per heavy atom. The van der Waals surface area contributed by atoms with Crippen molar-refractivity contribution in [2.24, 2.45) is 5.41 Å². The van der Waals surface area contributed by atoms with Crippen LogP contribution in [0.3, 0.4) is 0 Å². The molecule has 4 heteroatoms. The normalized spacial score (nSPS) is 15.9. The molecule has 0 saturated heterocycles. The third-order valence-corrected chi connectivity index (χ3v) is 3.57. The Hall–Kier alpha value is -1.55. The van der Waals surface area contributed by atoms with E-state index < -0.39 is 0 Å². The van der Waals surface area contributed by atoms with Crippen molar-refractivity contribution < 1.29 is 14.6 Å². The maximum Gasteiger partial charge on any atom is 0.223 e. The average molecular weight is 263 g/mol. The molecular formula is C15H21NO3. The molecule has 1 aliphatic rings. The number of carbonyl (C=O) groups excluding carboxylic acids is 1. The van der Waals surface area contributed by atoms with Crippen molar-refractivity contribution >= 4 is 5.91 Å². The average Bonchev–Trinajstić information content (AvgIpc) is 3.19. The van der Waals surface area contributed by atoms with Crippen molar-refractivity contribution in [1.82, 2.24) is 5.32 Å². The summed E-state index contributed by atoms with van der Waals surface area (Å²) < 4.78 is 5.50. The van der Waals surface area contributed by atoms with Gasteiger partial charge in [0.15, 0.2) is 0 Å². The van der Waals surface area contributed by atoms with E-state index in [0.717, 1.165) is 18.6 Å². The van der Waals surface area contributed by atoms with Crippen LogP contribution in [0.15, 0.2) is 24.3 Å². The highest BCUT2D eigenvalue weighted by atomic mass is 16.5. The maximum atomic E-state index is 11.6. The lowest BCUT2D eigenvalue weighted by Gasteiger charge is -2.12. The minimum Gasteiger partial charge on any atom is -0.493 e. The molecular weight excluding hydrogens is 242 g/mol. The van der Waals surface area contributed by atoms with E-state index in [2.05, 4.69) is 5.32 Å². The largest absolute Gasteiger partial charge is 0.493 e. The van der Waals surface area contributed by atoms with Gasteiger partial charge < -0.3 is 15.2 Å². The van der Waals surface area contributed by atoms with E-state index in [1.54, 1.807) is 0 Å². The Bertz CT molecular complexity index is 424. The zero-order chi connectivity index (χ0) is 13.7. The summed E-state index contributed by atoms with van der Waals surface area (Å²) in [6.45, 7) is 3.13. The molecule has 1 aromatic carbocycles. The molecule has 0 spiro atoms. The first-order chi connectivity index (χ1) is 9.13. The van der Waals surface area contributed by atoms with Gasteiger partial charge in [-0.25, -0.2) is 0 Å². The Morgan fingerprint density at radius 2 is 2.05 bits per heavy atom. The van der Waals surface area contributed by atoms with E-state index >= 15 is 0 Å². The molecule has 1 aromatic rings. The van der Waals surface area contributed by atoms with Crippen molar-refractivity contribution in [3.8, 4) is 5.75 Å². The van der Waals surface area contributed by atoms with Crippen molar-refractivity contribution in [3.63, 3.8) is 0 Å². The monoisotopic (exact) mass is 263 g/mol. The minimum atomic E-state index is -0.0343. The number of amides is 1. The molecule has 4 nitrogen and oxygen atoms in total. The number of ether oxygens (including phenoxy) is 1. The predicted molar refractivity (Wildman–Crippen MR) is 73.1 cm³/mol. The Morgan fingerprint density at radius 1 is 1.37 bits per heavy atom. The molecule has 0 atom stereocenters. The first-order valence-electron chi connectivity index (χ1n) is 6.71. The molecule has 0 aliphatic heterocycles. The standard InChI is InChI=1S/C15H21NO3/c1-12-2-4-13(5-3-12)19-9-6-14(18)16-10-15(11-17)7-8-15/h2-5,17H,6-11H2,1H3,(H,16,18). The molecule has 1 saturated carbocycles. The number of rotatable bonds is 7. The van der Waals surface area contributed by atoms with Crippen LogP contribution in [0.1, 0.15) is 24.8 Å². The fourth-order valence-corrected chi connectivity index (χ4v) is 1.84. The second kappa shape index (κ2) is 6.06. The van der Waals surface area contributed by atoms with Gasteiger partial charge in [-0.2, -0.15) is 0 Å². The molecule has 1 amide bonds. The van der Waals surface area contributed by atoms with Gasteiger partial charge in [0.05, 0.1) is 19.6 Å². The highest BCUT2D eigenvalue weighted by molar-refractivity contribution is 5.76. The molecule has 0 bridgehead atoms. The first-order valence-corrected chi connectivity index (χ1v) is 6.71. The molecule has 104 valence electrons. The van der Waals surface area contributed by atoms with Crippen LogP contribution in [0.4, 0.5) is 0 Å². The zero-order valence-electron chi connectivity index (χ0n) is 11.3. The molecule has 2 N–H and O–H groups in total. The molecule has 0 aromatic heterocycles. The van der Waals surface area contributed by atoms with E-state index in [-0.39, 0.29) is 17.9 Å². The molecule has 0 heterocycles. The van der Waals surface area contributed by atoms with Gasteiger partial charge in [-0.05, 0) is 31.9 Å². The number of nitrogens with one attached hydrogen (secondary N) is 1. The van der Waals surface area contributed by atoms with Crippen LogP contribution in [0.5, 0.6) is 5.75 Å². The zero-order valence-corrected chi connectivity index (χ0v) is 11.3. The van der Waals surface area contributed by atoms with Crippen LogP contribution < -0.4 is 10.1 Å². The molecule has 1 aliphatic carbocycles. The maximum absolute atomic E-state index is 11.6. The highest BCUT2D eigenvalue weighted by Crippen LogP contribution is 2.44. The van der Waals surface area contributed by atoms with E-state index in [9.17, 15) is 4.79 Å². The Kier molecular flexibility index (Phi) is 4.43. The van der Waals surface area contributed by atoms with E-state index in [4.69, 9.17) is 9.84 Å². The lowest BCUT2D eigenvalue weighted by molar-refractivity contribution is -0.121. The summed E-state index contributed by atoms with van der Waals surface area (Å²) >= 11 is 0. The number of hydrogen-bond acceptors (Lipinski definition) is 3. The highest BCUT2D eigenvalue weighted by Gasteiger charge is 2.41. The van der Waals surface area contributed by atoms with Gasteiger partial charge in [-0.3, -0.25) is 4.79 Å². The van der Waals surface area contributed by atoms with Crippen molar-refractivity contribution in [2.75, 3.05) is 19.8 Å². The smallest absolute Gasteiger partial charge is 0.223 e. The fourth-order valence-electron chi connectivity index (χ4n) is 1.84. The summed E-state index contributed by atoms with van der Waals surface area (Å²) in [6, 6.07) is 7.76. The van der Waals surface area contributed by atoms with Gasteiger partial charge in [0.1, 0.15) is 5.75 Å². The van der Waals surface area contributed by atoms with Gasteiger partial charge in [0.2, 0.25) is 5.91 Å². The number of aliphatic hydroxyl groups excluding tert-OH is 1. The molecule has 1 fully saturated rings. The van der Waals surface area contributed by atoms with Gasteiger partial charge in [-0.1, -0.05) is 17.7 Å². The minimum absolute atomic E-state index is 0.0214. The van der Waals surface area contributed by atoms with Crippen LogP contribution in [0.2, 0.25) is 0 Å². The quantitative estimate of drug-likeness (QED) is 0.786. The second-order valence-corrected chi connectivity index (χ2v) is 5.35. The number of hydrogen-bond donors (Lipinski definition) is 2. The van der Waals surface area contributed by atoms with Crippen LogP contribution in [-0.2, 0) is 4.79 Å². The van der Waals surface area contributed by atoms with Crippen molar-refractivity contribution in [3.05, 3.63) is 29.8 Å². The summed E-state index contributed by atoms with van der Waals surface area (Å²) in [5.41, 5.74) is 1.15. The topological polar surface area (TPSA) is 58.6 Å². The van der Waals surface area contributed by atoms with Crippen LogP contribution >= 0.6 is 0 Å². The molecule has 2 rings (SSSR count). The summed E-state index contributed by atoms with van der Waals surface area (Å²) in [5, 5.41) is 12.0. The van der Waals surface area contributed by atoms with Gasteiger partial charge in [0, 0.05) is 12.0 Å². The summed E-state index contributed by atoms with van der Waals surface area (Å²) in [5.74, 6) is 0.763. The molecule has 19 heavy (non-hydrogen) atoms. The lowest BCUT2D eigenvalue weighted by atomic mass is 10.1. The summed E-state index contributed by atoms with van der Waals surface area (Å²) in [4.78, 5) is 11.6. The fraction of sp³-hybridized carbons (Fsp3) is 0.533.